The Hall–Kier alpha value is -3.02. The molecule has 3 rings (SSSR count). The van der Waals surface area contributed by atoms with Crippen molar-refractivity contribution in [2.45, 2.75) is 58.9 Å². The molecule has 3 amide bonds. The number of piperidine rings is 1. The summed E-state index contributed by atoms with van der Waals surface area (Å²) in [6.07, 6.45) is 5.26. The van der Waals surface area contributed by atoms with Crippen LogP contribution in [-0.2, 0) is 6.42 Å². The normalized spacial score (nSPS) is 14.6. The van der Waals surface area contributed by atoms with Crippen molar-refractivity contribution in [3.8, 4) is 0 Å². The molecule has 31 heavy (non-hydrogen) atoms. The maximum atomic E-state index is 13.0. The van der Waals surface area contributed by atoms with Gasteiger partial charge < -0.3 is 20.9 Å². The van der Waals surface area contributed by atoms with Crippen molar-refractivity contribution < 1.29 is 9.59 Å². The number of rotatable bonds is 7. The largest absolute Gasteiger partial charge is 0.371 e. The van der Waals surface area contributed by atoms with E-state index < -0.39 is 0 Å². The van der Waals surface area contributed by atoms with Gasteiger partial charge in [0.05, 0.1) is 5.56 Å². The van der Waals surface area contributed by atoms with Gasteiger partial charge in [0.25, 0.3) is 5.91 Å². The summed E-state index contributed by atoms with van der Waals surface area (Å²) in [6, 6.07) is 13.1. The average molecular weight is 423 g/mol. The van der Waals surface area contributed by atoms with Gasteiger partial charge in [0, 0.05) is 36.2 Å². The smallest absolute Gasteiger partial charge is 0.323 e. The highest BCUT2D eigenvalue weighted by atomic mass is 16.2. The summed E-state index contributed by atoms with van der Waals surface area (Å²) in [5.41, 5.74) is 4.04. The number of urea groups is 1. The van der Waals surface area contributed by atoms with Gasteiger partial charge in [-0.1, -0.05) is 26.0 Å². The van der Waals surface area contributed by atoms with Crippen molar-refractivity contribution in [2.24, 2.45) is 0 Å². The molecule has 1 aliphatic rings. The van der Waals surface area contributed by atoms with Gasteiger partial charge >= 0.3 is 6.03 Å². The summed E-state index contributed by atoms with van der Waals surface area (Å²) in [6.45, 7) is 8.02. The predicted molar refractivity (Wildman–Crippen MR) is 128 cm³/mol. The van der Waals surface area contributed by atoms with Gasteiger partial charge in [0.1, 0.15) is 0 Å². The van der Waals surface area contributed by atoms with Crippen LogP contribution in [0.25, 0.3) is 0 Å². The molecule has 6 heteroatoms. The topological polar surface area (TPSA) is 73.5 Å². The highest BCUT2D eigenvalue weighted by Gasteiger charge is 2.20. The van der Waals surface area contributed by atoms with E-state index in [1.807, 2.05) is 50.2 Å². The number of benzene rings is 2. The van der Waals surface area contributed by atoms with Gasteiger partial charge in [0.15, 0.2) is 0 Å². The van der Waals surface area contributed by atoms with Crippen molar-refractivity contribution in [3.63, 3.8) is 0 Å². The molecule has 3 N–H and O–H groups in total. The zero-order chi connectivity index (χ0) is 22.2. The van der Waals surface area contributed by atoms with Crippen LogP contribution in [0.4, 0.5) is 21.9 Å². The standard InChI is InChI=1S/C25H34N4O2/c1-4-18(3)26-24(30)22-17-21(12-13-23(22)29-14-7-6-8-15-29)28-25(31)27-20-11-9-10-19(5-2)16-20/h9-13,16-18H,4-8,14-15H2,1-3H3,(H,26,30)(H2,27,28,31)/t18-/m0/s1. The molecule has 1 fully saturated rings. The van der Waals surface area contributed by atoms with Gasteiger partial charge in [-0.05, 0) is 74.9 Å². The molecule has 1 aliphatic heterocycles. The molecular formula is C25H34N4O2. The Labute approximate surface area is 185 Å². The van der Waals surface area contributed by atoms with E-state index in [2.05, 4.69) is 27.8 Å². The monoisotopic (exact) mass is 422 g/mol. The first kappa shape index (κ1) is 22.7. The fourth-order valence-electron chi connectivity index (χ4n) is 3.77. The molecule has 0 saturated carbocycles. The Morgan fingerprint density at radius 3 is 2.35 bits per heavy atom. The van der Waals surface area contributed by atoms with Crippen LogP contribution >= 0.6 is 0 Å². The van der Waals surface area contributed by atoms with Crippen LogP contribution in [0.5, 0.6) is 0 Å². The number of carbonyl (C=O) groups excluding carboxylic acids is 2. The van der Waals surface area contributed by atoms with Crippen LogP contribution in [-0.4, -0.2) is 31.1 Å². The van der Waals surface area contributed by atoms with Crippen molar-refractivity contribution in [1.82, 2.24) is 5.32 Å². The number of hydrogen-bond donors (Lipinski definition) is 3. The average Bonchev–Trinajstić information content (AvgIpc) is 2.79. The van der Waals surface area contributed by atoms with E-state index in [0.29, 0.717) is 11.3 Å². The molecule has 0 aliphatic carbocycles. The quantitative estimate of drug-likeness (QED) is 0.558. The van der Waals surface area contributed by atoms with Crippen LogP contribution in [0.1, 0.15) is 62.4 Å². The molecule has 6 nitrogen and oxygen atoms in total. The van der Waals surface area contributed by atoms with Crippen molar-refractivity contribution in [2.75, 3.05) is 28.6 Å². The third-order valence-corrected chi connectivity index (χ3v) is 5.78. The van der Waals surface area contributed by atoms with Crippen LogP contribution in [0.3, 0.4) is 0 Å². The van der Waals surface area contributed by atoms with Crippen LogP contribution in [0.15, 0.2) is 42.5 Å². The SMILES string of the molecule is CCc1cccc(NC(=O)Nc2ccc(N3CCCCC3)c(C(=O)N[C@@H](C)CC)c2)c1. The molecule has 0 aromatic heterocycles. The summed E-state index contributed by atoms with van der Waals surface area (Å²) >= 11 is 0. The Bertz CT molecular complexity index is 906. The number of nitrogens with one attached hydrogen (secondary N) is 3. The highest BCUT2D eigenvalue weighted by molar-refractivity contribution is 6.04. The Morgan fingerprint density at radius 2 is 1.68 bits per heavy atom. The maximum absolute atomic E-state index is 13.0. The lowest BCUT2D eigenvalue weighted by atomic mass is 10.1. The van der Waals surface area contributed by atoms with E-state index in [9.17, 15) is 9.59 Å². The van der Waals surface area contributed by atoms with E-state index in [4.69, 9.17) is 0 Å². The third-order valence-electron chi connectivity index (χ3n) is 5.78. The summed E-state index contributed by atoms with van der Waals surface area (Å²) in [7, 11) is 0. The fourth-order valence-corrected chi connectivity index (χ4v) is 3.77. The second-order valence-electron chi connectivity index (χ2n) is 8.20. The molecule has 0 bridgehead atoms. The van der Waals surface area contributed by atoms with Crippen molar-refractivity contribution in [1.29, 1.82) is 0 Å². The number of anilines is 3. The van der Waals surface area contributed by atoms with E-state index in [1.165, 1.54) is 6.42 Å². The van der Waals surface area contributed by atoms with E-state index in [1.54, 1.807) is 6.07 Å². The number of carbonyl (C=O) groups is 2. The molecule has 2 aromatic carbocycles. The molecule has 1 atom stereocenters. The van der Waals surface area contributed by atoms with Gasteiger partial charge in [-0.2, -0.15) is 0 Å². The summed E-state index contributed by atoms with van der Waals surface area (Å²) in [5.74, 6) is -0.102. The second kappa shape index (κ2) is 10.8. The number of nitrogens with zero attached hydrogens (tertiary/aromatic N) is 1. The molecular weight excluding hydrogens is 388 g/mol. The predicted octanol–water partition coefficient (Wildman–Crippen LogP) is 5.41. The minimum atomic E-state index is -0.327. The summed E-state index contributed by atoms with van der Waals surface area (Å²) in [4.78, 5) is 27.8. The summed E-state index contributed by atoms with van der Waals surface area (Å²) in [5, 5.41) is 8.81. The lowest BCUT2D eigenvalue weighted by molar-refractivity contribution is 0.0939. The Morgan fingerprint density at radius 1 is 0.968 bits per heavy atom. The first-order valence-electron chi connectivity index (χ1n) is 11.4. The van der Waals surface area contributed by atoms with Crippen LogP contribution in [0.2, 0.25) is 0 Å². The molecule has 0 unspecified atom stereocenters. The maximum Gasteiger partial charge on any atom is 0.323 e. The molecule has 0 radical (unpaired) electrons. The minimum Gasteiger partial charge on any atom is -0.371 e. The zero-order valence-electron chi connectivity index (χ0n) is 18.8. The minimum absolute atomic E-state index is 0.0902. The first-order valence-corrected chi connectivity index (χ1v) is 11.4. The second-order valence-corrected chi connectivity index (χ2v) is 8.20. The Kier molecular flexibility index (Phi) is 7.93. The van der Waals surface area contributed by atoms with E-state index in [0.717, 1.165) is 55.7 Å². The molecule has 0 spiro atoms. The van der Waals surface area contributed by atoms with Gasteiger partial charge in [-0.3, -0.25) is 4.79 Å². The molecule has 166 valence electrons. The van der Waals surface area contributed by atoms with Crippen LogP contribution < -0.4 is 20.9 Å². The number of aryl methyl sites for hydroxylation is 1. The first-order chi connectivity index (χ1) is 15.0. The van der Waals surface area contributed by atoms with Gasteiger partial charge in [-0.25, -0.2) is 4.79 Å². The molecule has 2 aromatic rings. The molecule has 1 saturated heterocycles. The van der Waals surface area contributed by atoms with E-state index >= 15 is 0 Å². The summed E-state index contributed by atoms with van der Waals surface area (Å²) < 4.78 is 0. The fraction of sp³-hybridized carbons (Fsp3) is 0.440. The lowest BCUT2D eigenvalue weighted by Gasteiger charge is -2.31. The van der Waals surface area contributed by atoms with E-state index in [-0.39, 0.29) is 18.0 Å². The van der Waals surface area contributed by atoms with Gasteiger partial charge in [-0.15, -0.1) is 0 Å². The Balaban J connectivity index is 1.79. The highest BCUT2D eigenvalue weighted by Crippen LogP contribution is 2.27. The number of amides is 3. The molecule has 1 heterocycles. The third kappa shape index (κ3) is 6.23. The van der Waals surface area contributed by atoms with Crippen LogP contribution in [0, 0.1) is 0 Å². The zero-order valence-corrected chi connectivity index (χ0v) is 18.8. The van der Waals surface area contributed by atoms with Crippen molar-refractivity contribution >= 4 is 29.0 Å². The van der Waals surface area contributed by atoms with Gasteiger partial charge in [0.2, 0.25) is 0 Å². The van der Waals surface area contributed by atoms with Crippen molar-refractivity contribution in [3.05, 3.63) is 53.6 Å². The lowest BCUT2D eigenvalue weighted by Crippen LogP contribution is -2.35. The number of hydrogen-bond acceptors (Lipinski definition) is 3.